The summed E-state index contributed by atoms with van der Waals surface area (Å²) in [6.07, 6.45) is 0. The number of methoxy groups -OCH3 is 1. The molecule has 3 aromatic carbocycles. The van der Waals surface area contributed by atoms with Gasteiger partial charge in [-0.05, 0) is 67.6 Å². The number of nitrogens with zero attached hydrogens (tertiary/aromatic N) is 1. The van der Waals surface area contributed by atoms with E-state index in [0.717, 1.165) is 28.0 Å². The summed E-state index contributed by atoms with van der Waals surface area (Å²) in [7, 11) is -2.08. The van der Waals surface area contributed by atoms with E-state index in [1.54, 1.807) is 43.5 Å². The van der Waals surface area contributed by atoms with Crippen LogP contribution < -0.4 is 15.4 Å². The first-order chi connectivity index (χ1) is 15.8. The summed E-state index contributed by atoms with van der Waals surface area (Å²) in [6.45, 7) is 3.30. The molecule has 0 aliphatic heterocycles. The smallest absolute Gasteiger partial charge is 0.221 e. The van der Waals surface area contributed by atoms with Gasteiger partial charge in [-0.15, -0.1) is 0 Å². The van der Waals surface area contributed by atoms with Crippen molar-refractivity contribution in [2.24, 2.45) is 0 Å². The van der Waals surface area contributed by atoms with E-state index in [9.17, 15) is 13.2 Å². The van der Waals surface area contributed by atoms with E-state index < -0.39 is 9.84 Å². The van der Waals surface area contributed by atoms with Gasteiger partial charge in [-0.3, -0.25) is 4.79 Å². The summed E-state index contributed by atoms with van der Waals surface area (Å²) in [4.78, 5) is 16.1. The van der Waals surface area contributed by atoms with Crippen LogP contribution in [0.2, 0.25) is 0 Å². The van der Waals surface area contributed by atoms with Crippen molar-refractivity contribution in [1.82, 2.24) is 4.98 Å². The summed E-state index contributed by atoms with van der Waals surface area (Å²) in [5, 5.41) is 6.87. The maximum atomic E-state index is 13.0. The molecular formula is C25H23N3O4S. The number of pyridine rings is 1. The normalized spacial score (nSPS) is 11.2. The minimum atomic E-state index is -3.69. The monoisotopic (exact) mass is 461 g/mol. The second-order valence-corrected chi connectivity index (χ2v) is 9.48. The number of sulfone groups is 1. The van der Waals surface area contributed by atoms with Gasteiger partial charge in [0.25, 0.3) is 0 Å². The molecule has 1 heterocycles. The number of carbonyl (C=O) groups excluding carboxylic acids is 1. The van der Waals surface area contributed by atoms with Gasteiger partial charge in [0.2, 0.25) is 15.7 Å². The van der Waals surface area contributed by atoms with Crippen LogP contribution in [0.4, 0.5) is 17.1 Å². The van der Waals surface area contributed by atoms with Crippen molar-refractivity contribution in [3.63, 3.8) is 0 Å². The lowest BCUT2D eigenvalue weighted by Gasteiger charge is -2.13. The van der Waals surface area contributed by atoms with E-state index in [4.69, 9.17) is 4.74 Å². The Morgan fingerprint density at radius 1 is 0.909 bits per heavy atom. The molecule has 8 heteroatoms. The number of ether oxygens (including phenoxy) is 1. The van der Waals surface area contributed by atoms with Crippen LogP contribution in [0.25, 0.3) is 10.9 Å². The Morgan fingerprint density at radius 2 is 1.52 bits per heavy atom. The molecule has 4 rings (SSSR count). The van der Waals surface area contributed by atoms with E-state index >= 15 is 0 Å². The van der Waals surface area contributed by atoms with Gasteiger partial charge >= 0.3 is 0 Å². The summed E-state index contributed by atoms with van der Waals surface area (Å²) >= 11 is 0. The molecule has 0 bridgehead atoms. The molecule has 0 saturated heterocycles. The fraction of sp³-hybridized carbons (Fsp3) is 0.120. The number of rotatable bonds is 6. The zero-order valence-corrected chi connectivity index (χ0v) is 19.2. The molecule has 7 nitrogen and oxygen atoms in total. The van der Waals surface area contributed by atoms with Crippen molar-refractivity contribution in [1.29, 1.82) is 0 Å². The molecule has 168 valence electrons. The molecule has 0 spiro atoms. The highest BCUT2D eigenvalue weighted by atomic mass is 32.2. The SMILES string of the molecule is COc1cccc2c(Nc3ccc(S(=O)(=O)c4ccc(NC(C)=O)cc4)cc3)cc(C)nc12. The molecule has 0 saturated carbocycles. The number of benzene rings is 3. The highest BCUT2D eigenvalue weighted by Gasteiger charge is 2.18. The lowest BCUT2D eigenvalue weighted by Crippen LogP contribution is -2.06. The third-order valence-corrected chi connectivity index (χ3v) is 6.86. The van der Waals surface area contributed by atoms with Gasteiger partial charge < -0.3 is 15.4 Å². The van der Waals surface area contributed by atoms with Crippen molar-refractivity contribution in [3.8, 4) is 5.75 Å². The summed E-state index contributed by atoms with van der Waals surface area (Å²) < 4.78 is 31.4. The van der Waals surface area contributed by atoms with Crippen molar-refractivity contribution < 1.29 is 17.9 Å². The van der Waals surface area contributed by atoms with Crippen molar-refractivity contribution in [2.75, 3.05) is 17.7 Å². The Morgan fingerprint density at radius 3 is 2.09 bits per heavy atom. The average molecular weight is 462 g/mol. The fourth-order valence-corrected chi connectivity index (χ4v) is 4.81. The van der Waals surface area contributed by atoms with E-state index in [2.05, 4.69) is 15.6 Å². The van der Waals surface area contributed by atoms with Crippen LogP contribution in [-0.2, 0) is 14.6 Å². The first-order valence-electron chi connectivity index (χ1n) is 10.2. The lowest BCUT2D eigenvalue weighted by atomic mass is 10.1. The first kappa shape index (κ1) is 22.3. The van der Waals surface area contributed by atoms with Crippen molar-refractivity contribution >= 4 is 43.7 Å². The number of hydrogen-bond donors (Lipinski definition) is 2. The number of aromatic nitrogens is 1. The number of carbonyl (C=O) groups is 1. The highest BCUT2D eigenvalue weighted by Crippen LogP contribution is 2.32. The van der Waals surface area contributed by atoms with Gasteiger partial charge in [0.1, 0.15) is 11.3 Å². The second-order valence-electron chi connectivity index (χ2n) is 7.53. The van der Waals surface area contributed by atoms with E-state index in [-0.39, 0.29) is 15.7 Å². The largest absolute Gasteiger partial charge is 0.494 e. The molecular weight excluding hydrogens is 438 g/mol. The Bertz CT molecular complexity index is 1430. The van der Waals surface area contributed by atoms with Crippen LogP contribution >= 0.6 is 0 Å². The van der Waals surface area contributed by atoms with Gasteiger partial charge in [-0.1, -0.05) is 12.1 Å². The third kappa shape index (κ3) is 4.65. The highest BCUT2D eigenvalue weighted by molar-refractivity contribution is 7.91. The summed E-state index contributed by atoms with van der Waals surface area (Å²) in [5.41, 5.74) is 3.71. The molecule has 0 unspecified atom stereocenters. The fourth-order valence-electron chi connectivity index (χ4n) is 3.55. The summed E-state index contributed by atoms with van der Waals surface area (Å²) in [5.74, 6) is 0.467. The number of anilines is 3. The molecule has 1 amide bonds. The standard InChI is InChI=1S/C25H23N3O4S/c1-16-15-23(22-5-4-6-24(32-3)25(22)26-16)28-19-9-13-21(14-10-19)33(30,31)20-11-7-18(8-12-20)27-17(2)29/h4-15H,1-3H3,(H,26,28)(H,27,29). The van der Waals surface area contributed by atoms with Gasteiger partial charge in [0.05, 0.1) is 16.9 Å². The van der Waals surface area contributed by atoms with Crippen LogP contribution in [0.15, 0.2) is 82.6 Å². The third-order valence-electron chi connectivity index (χ3n) is 5.08. The quantitative estimate of drug-likeness (QED) is 0.415. The predicted molar refractivity (Wildman–Crippen MR) is 129 cm³/mol. The minimum absolute atomic E-state index is 0.153. The summed E-state index contributed by atoms with van der Waals surface area (Å²) in [6, 6.07) is 20.3. The molecule has 0 aliphatic carbocycles. The minimum Gasteiger partial charge on any atom is -0.494 e. The Hall–Kier alpha value is -3.91. The molecule has 2 N–H and O–H groups in total. The van der Waals surface area contributed by atoms with E-state index in [0.29, 0.717) is 11.4 Å². The maximum absolute atomic E-state index is 13.0. The predicted octanol–water partition coefficient (Wildman–Crippen LogP) is 5.09. The Kier molecular flexibility index (Phi) is 6.02. The van der Waals surface area contributed by atoms with E-state index in [1.807, 2.05) is 31.2 Å². The molecule has 0 fully saturated rings. The Labute approximate surface area is 192 Å². The molecule has 0 aliphatic rings. The van der Waals surface area contributed by atoms with Crippen LogP contribution in [0.5, 0.6) is 5.75 Å². The maximum Gasteiger partial charge on any atom is 0.221 e. The number of amides is 1. The first-order valence-corrected chi connectivity index (χ1v) is 11.7. The topological polar surface area (TPSA) is 97.4 Å². The molecule has 0 radical (unpaired) electrons. The molecule has 33 heavy (non-hydrogen) atoms. The number of fused-ring (bicyclic) bond motifs is 1. The number of nitrogens with one attached hydrogen (secondary N) is 2. The van der Waals surface area contributed by atoms with Crippen LogP contribution in [0.1, 0.15) is 12.6 Å². The van der Waals surface area contributed by atoms with E-state index in [1.165, 1.54) is 19.1 Å². The average Bonchev–Trinajstić information content (AvgIpc) is 2.79. The number of aryl methyl sites for hydroxylation is 1. The van der Waals surface area contributed by atoms with Crippen molar-refractivity contribution in [2.45, 2.75) is 23.6 Å². The van der Waals surface area contributed by atoms with Crippen molar-refractivity contribution in [3.05, 3.63) is 78.5 Å². The molecule has 4 aromatic rings. The Balaban J connectivity index is 1.61. The van der Waals surface area contributed by atoms with Gasteiger partial charge in [-0.2, -0.15) is 0 Å². The number of para-hydroxylation sites is 1. The van der Waals surface area contributed by atoms with Crippen LogP contribution in [-0.4, -0.2) is 26.4 Å². The molecule has 1 aromatic heterocycles. The van der Waals surface area contributed by atoms with Crippen LogP contribution in [0.3, 0.4) is 0 Å². The van der Waals surface area contributed by atoms with Gasteiger partial charge in [0.15, 0.2) is 0 Å². The second kappa shape index (κ2) is 8.91. The van der Waals surface area contributed by atoms with Crippen LogP contribution in [0, 0.1) is 6.92 Å². The zero-order chi connectivity index (χ0) is 23.6. The lowest BCUT2D eigenvalue weighted by molar-refractivity contribution is -0.114. The van der Waals surface area contributed by atoms with Gasteiger partial charge in [-0.25, -0.2) is 13.4 Å². The molecule has 0 atom stereocenters. The van der Waals surface area contributed by atoms with Gasteiger partial charge in [0, 0.05) is 35.1 Å². The zero-order valence-electron chi connectivity index (χ0n) is 18.4. The number of hydrogen-bond acceptors (Lipinski definition) is 6.